The van der Waals surface area contributed by atoms with Gasteiger partial charge in [-0.15, -0.1) is 0 Å². The fourth-order valence-corrected chi connectivity index (χ4v) is 2.52. The van der Waals surface area contributed by atoms with Crippen LogP contribution in [0.3, 0.4) is 0 Å². The van der Waals surface area contributed by atoms with Crippen LogP contribution in [0.15, 0.2) is 64.2 Å². The summed E-state index contributed by atoms with van der Waals surface area (Å²) in [7, 11) is 1.24. The maximum Gasteiger partial charge on any atom is 0.336 e. The van der Waals surface area contributed by atoms with Gasteiger partial charge in [0.2, 0.25) is 0 Å². The minimum absolute atomic E-state index is 0.101. The van der Waals surface area contributed by atoms with E-state index in [9.17, 15) is 18.8 Å². The molecule has 1 amide bonds. The van der Waals surface area contributed by atoms with Crippen LogP contribution in [-0.2, 0) is 7.05 Å². The molecule has 0 bridgehead atoms. The van der Waals surface area contributed by atoms with E-state index in [1.807, 2.05) is 0 Å². The first-order valence-corrected chi connectivity index (χ1v) is 7.64. The summed E-state index contributed by atoms with van der Waals surface area (Å²) in [5.41, 5.74) is 4.26. The van der Waals surface area contributed by atoms with Crippen molar-refractivity contribution >= 4 is 17.4 Å². The van der Waals surface area contributed by atoms with Crippen molar-refractivity contribution < 1.29 is 9.18 Å². The summed E-state index contributed by atoms with van der Waals surface area (Å²) in [6.07, 6.45) is 0. The lowest BCUT2D eigenvalue weighted by molar-refractivity contribution is 0.102. The van der Waals surface area contributed by atoms with Crippen LogP contribution in [0.25, 0.3) is 5.69 Å². The number of benzene rings is 2. The van der Waals surface area contributed by atoms with E-state index in [1.54, 1.807) is 30.3 Å². The maximum atomic E-state index is 13.8. The number of hydrogen-bond acceptors (Lipinski definition) is 4. The van der Waals surface area contributed by atoms with Crippen molar-refractivity contribution in [2.75, 3.05) is 11.1 Å². The predicted molar refractivity (Wildman–Crippen MR) is 96.0 cm³/mol. The molecule has 1 aromatic heterocycles. The molecule has 0 aliphatic heterocycles. The number of nitrogens with one attached hydrogen (secondary N) is 1. The van der Waals surface area contributed by atoms with E-state index < -0.39 is 28.5 Å². The van der Waals surface area contributed by atoms with Crippen molar-refractivity contribution in [2.45, 2.75) is 0 Å². The minimum Gasteiger partial charge on any atom is -0.384 e. The second kappa shape index (κ2) is 6.67. The van der Waals surface area contributed by atoms with Crippen molar-refractivity contribution in [1.29, 1.82) is 0 Å². The first kappa shape index (κ1) is 17.2. The van der Waals surface area contributed by atoms with E-state index >= 15 is 0 Å². The summed E-state index contributed by atoms with van der Waals surface area (Å²) in [4.78, 5) is 37.4. The van der Waals surface area contributed by atoms with Crippen molar-refractivity contribution in [2.24, 2.45) is 7.05 Å². The van der Waals surface area contributed by atoms with Gasteiger partial charge in [0.25, 0.3) is 11.5 Å². The highest BCUT2D eigenvalue weighted by atomic mass is 19.1. The van der Waals surface area contributed by atoms with Gasteiger partial charge in [0.1, 0.15) is 17.2 Å². The Morgan fingerprint density at radius 2 is 1.65 bits per heavy atom. The third-order valence-corrected chi connectivity index (χ3v) is 3.86. The van der Waals surface area contributed by atoms with Crippen molar-refractivity contribution in [3.8, 4) is 5.69 Å². The van der Waals surface area contributed by atoms with Gasteiger partial charge in [0.15, 0.2) is 0 Å². The van der Waals surface area contributed by atoms with E-state index in [0.29, 0.717) is 5.69 Å². The molecule has 0 aliphatic rings. The molecule has 0 radical (unpaired) electrons. The quantitative estimate of drug-likeness (QED) is 0.745. The number of nitrogen functional groups attached to an aromatic ring is 1. The monoisotopic (exact) mass is 354 g/mol. The molecule has 0 spiro atoms. The Labute approximate surface area is 147 Å². The Kier molecular flexibility index (Phi) is 4.40. The number of rotatable bonds is 3. The molecule has 8 heteroatoms. The van der Waals surface area contributed by atoms with Gasteiger partial charge >= 0.3 is 5.69 Å². The second-order valence-electron chi connectivity index (χ2n) is 5.51. The highest BCUT2D eigenvalue weighted by Gasteiger charge is 2.23. The molecule has 3 aromatic rings. The van der Waals surface area contributed by atoms with Crippen LogP contribution in [0.5, 0.6) is 0 Å². The van der Waals surface area contributed by atoms with Crippen LogP contribution in [0.1, 0.15) is 10.4 Å². The Morgan fingerprint density at radius 3 is 2.31 bits per heavy atom. The van der Waals surface area contributed by atoms with Crippen LogP contribution < -0.4 is 22.3 Å². The normalized spacial score (nSPS) is 10.5. The molecule has 0 saturated carbocycles. The molecule has 1 heterocycles. The summed E-state index contributed by atoms with van der Waals surface area (Å²) in [6.45, 7) is 0. The molecule has 26 heavy (non-hydrogen) atoms. The first-order chi connectivity index (χ1) is 12.4. The number of anilines is 2. The van der Waals surface area contributed by atoms with E-state index in [1.165, 1.54) is 31.3 Å². The van der Waals surface area contributed by atoms with Gasteiger partial charge < -0.3 is 11.1 Å². The van der Waals surface area contributed by atoms with E-state index in [0.717, 1.165) is 9.13 Å². The van der Waals surface area contributed by atoms with Crippen LogP contribution >= 0.6 is 0 Å². The van der Waals surface area contributed by atoms with Gasteiger partial charge in [-0.05, 0) is 24.3 Å². The number of amides is 1. The molecule has 0 unspecified atom stereocenters. The summed E-state index contributed by atoms with van der Waals surface area (Å²) in [5.74, 6) is -1.89. The van der Waals surface area contributed by atoms with Crippen molar-refractivity contribution in [1.82, 2.24) is 9.13 Å². The second-order valence-corrected chi connectivity index (χ2v) is 5.51. The van der Waals surface area contributed by atoms with Crippen LogP contribution in [0.4, 0.5) is 15.9 Å². The number of para-hydroxylation sites is 2. The molecular formula is C18H15FN4O3. The van der Waals surface area contributed by atoms with Gasteiger partial charge in [0, 0.05) is 7.05 Å². The Morgan fingerprint density at radius 1 is 1.04 bits per heavy atom. The molecular weight excluding hydrogens is 339 g/mol. The van der Waals surface area contributed by atoms with Crippen molar-refractivity contribution in [3.63, 3.8) is 0 Å². The summed E-state index contributed by atoms with van der Waals surface area (Å²) in [6, 6.07) is 13.9. The summed E-state index contributed by atoms with van der Waals surface area (Å²) >= 11 is 0. The van der Waals surface area contributed by atoms with Crippen molar-refractivity contribution in [3.05, 3.63) is 86.8 Å². The van der Waals surface area contributed by atoms with Gasteiger partial charge in [-0.1, -0.05) is 30.3 Å². The third-order valence-electron chi connectivity index (χ3n) is 3.86. The fourth-order valence-electron chi connectivity index (χ4n) is 2.52. The lowest BCUT2D eigenvalue weighted by atomic mass is 10.2. The highest BCUT2D eigenvalue weighted by molar-refractivity contribution is 6.07. The number of aromatic nitrogens is 2. The number of carbonyl (C=O) groups excluding carboxylic acids is 1. The van der Waals surface area contributed by atoms with Crippen LogP contribution in [-0.4, -0.2) is 15.0 Å². The van der Waals surface area contributed by atoms with E-state index in [-0.39, 0.29) is 11.5 Å². The molecule has 0 aliphatic carbocycles. The number of halogens is 1. The Hall–Kier alpha value is -3.68. The zero-order chi connectivity index (χ0) is 18.8. The number of nitrogens with zero attached hydrogens (tertiary/aromatic N) is 2. The van der Waals surface area contributed by atoms with E-state index in [4.69, 9.17) is 5.73 Å². The molecule has 132 valence electrons. The minimum atomic E-state index is -0.905. The fraction of sp³-hybridized carbons (Fsp3) is 0.0556. The summed E-state index contributed by atoms with van der Waals surface area (Å²) < 4.78 is 15.6. The lowest BCUT2D eigenvalue weighted by Crippen LogP contribution is -2.43. The van der Waals surface area contributed by atoms with Gasteiger partial charge in [0.05, 0.1) is 11.4 Å². The average molecular weight is 354 g/mol. The molecule has 7 nitrogen and oxygen atoms in total. The summed E-state index contributed by atoms with van der Waals surface area (Å²) in [5, 5.41) is 2.31. The smallest absolute Gasteiger partial charge is 0.336 e. The van der Waals surface area contributed by atoms with Gasteiger partial charge in [-0.25, -0.2) is 13.8 Å². The predicted octanol–water partition coefficient (Wildman–Crippen LogP) is 1.51. The highest BCUT2D eigenvalue weighted by Crippen LogP contribution is 2.16. The molecule has 3 rings (SSSR count). The van der Waals surface area contributed by atoms with Crippen LogP contribution in [0, 0.1) is 5.82 Å². The first-order valence-electron chi connectivity index (χ1n) is 7.64. The molecule has 0 atom stereocenters. The number of nitrogens with two attached hydrogens (primary N) is 1. The Bertz CT molecular complexity index is 1100. The Balaban J connectivity index is 2.18. The lowest BCUT2D eigenvalue weighted by Gasteiger charge is -2.15. The average Bonchev–Trinajstić information content (AvgIpc) is 2.63. The molecule has 2 aromatic carbocycles. The molecule has 0 fully saturated rings. The SMILES string of the molecule is Cn1c(=O)c(C(=O)Nc2ccccc2F)c(N)n(-c2ccccc2)c1=O. The zero-order valence-electron chi connectivity index (χ0n) is 13.8. The maximum absolute atomic E-state index is 13.8. The standard InChI is InChI=1S/C18H15FN4O3/c1-22-17(25)14(16(24)21-13-10-6-5-9-12(13)19)15(20)23(18(22)26)11-7-3-2-4-8-11/h2-10H,20H2,1H3,(H,21,24). The zero-order valence-corrected chi connectivity index (χ0v) is 13.8. The molecule has 3 N–H and O–H groups in total. The van der Waals surface area contributed by atoms with Gasteiger partial charge in [-0.2, -0.15) is 0 Å². The van der Waals surface area contributed by atoms with E-state index in [2.05, 4.69) is 5.32 Å². The molecule has 0 saturated heterocycles. The topological polar surface area (TPSA) is 99.1 Å². The number of carbonyl (C=O) groups is 1. The van der Waals surface area contributed by atoms with Gasteiger partial charge in [-0.3, -0.25) is 14.2 Å². The largest absolute Gasteiger partial charge is 0.384 e. The third kappa shape index (κ3) is 2.88. The van der Waals surface area contributed by atoms with Crippen LogP contribution in [0.2, 0.25) is 0 Å². The number of hydrogen-bond donors (Lipinski definition) is 2.